The Hall–Kier alpha value is -5.30. The molecule has 0 bridgehead atoms. The van der Waals surface area contributed by atoms with E-state index in [2.05, 4.69) is 136 Å². The van der Waals surface area contributed by atoms with Crippen LogP contribution >= 0.6 is 23.5 Å². The second-order valence-corrected chi connectivity index (χ2v) is 20.8. The van der Waals surface area contributed by atoms with Gasteiger partial charge in [-0.15, -0.1) is 20.4 Å². The van der Waals surface area contributed by atoms with E-state index in [1.54, 1.807) is 60.7 Å². The Morgan fingerprint density at radius 2 is 1.01 bits per heavy atom. The summed E-state index contributed by atoms with van der Waals surface area (Å²) in [5, 5.41) is 19.2. The van der Waals surface area contributed by atoms with Crippen molar-refractivity contribution in [2.75, 3.05) is 73.7 Å². The molecule has 360 valence electrons. The molecule has 16 nitrogen and oxygen atoms in total. The van der Waals surface area contributed by atoms with E-state index in [0.29, 0.717) is 12.1 Å². The average molecular weight is 959 g/mol. The summed E-state index contributed by atoms with van der Waals surface area (Å²) in [5.41, 5.74) is 4.00. The smallest absolute Gasteiger partial charge is 0.191 e. The van der Waals surface area contributed by atoms with E-state index in [0.717, 1.165) is 120 Å². The van der Waals surface area contributed by atoms with Crippen molar-refractivity contribution in [1.29, 1.82) is 0 Å². The molecule has 0 saturated carbocycles. The fourth-order valence-corrected chi connectivity index (χ4v) is 11.9. The minimum atomic E-state index is 0.183. The topological polar surface area (TPSA) is 144 Å². The van der Waals surface area contributed by atoms with Crippen LogP contribution in [-0.4, -0.2) is 147 Å². The van der Waals surface area contributed by atoms with Crippen molar-refractivity contribution in [1.82, 2.24) is 59.3 Å². The lowest BCUT2D eigenvalue weighted by Gasteiger charge is -2.29. The molecule has 4 aliphatic heterocycles. The van der Waals surface area contributed by atoms with Crippen LogP contribution in [0.4, 0.5) is 11.4 Å². The zero-order valence-corrected chi connectivity index (χ0v) is 42.0. The summed E-state index contributed by atoms with van der Waals surface area (Å²) in [6.45, 7) is 17.5. The first-order valence-corrected chi connectivity index (χ1v) is 26.2. The van der Waals surface area contributed by atoms with Crippen molar-refractivity contribution in [2.45, 2.75) is 88.0 Å². The van der Waals surface area contributed by atoms with E-state index in [4.69, 9.17) is 9.47 Å². The van der Waals surface area contributed by atoms with Crippen LogP contribution in [0.5, 0.6) is 11.5 Å². The van der Waals surface area contributed by atoms with Gasteiger partial charge in [0.05, 0.1) is 36.0 Å². The molecule has 0 amide bonds. The van der Waals surface area contributed by atoms with Gasteiger partial charge >= 0.3 is 0 Å². The molecule has 4 fully saturated rings. The highest BCUT2D eigenvalue weighted by molar-refractivity contribution is 7.99. The molecule has 68 heavy (non-hydrogen) atoms. The summed E-state index contributed by atoms with van der Waals surface area (Å²) in [6.07, 6.45) is 15.3. The molecule has 0 unspecified atom stereocenters. The molecule has 18 heteroatoms. The highest BCUT2D eigenvalue weighted by atomic mass is 32.2. The number of hydrogen-bond donors (Lipinski definition) is 0. The molecule has 0 radical (unpaired) electrons. The van der Waals surface area contributed by atoms with Crippen LogP contribution in [0.3, 0.4) is 0 Å². The van der Waals surface area contributed by atoms with Crippen LogP contribution in [0.2, 0.25) is 0 Å². The Bertz CT molecular complexity index is 2350. The number of likely N-dealkylation sites (tertiary alicyclic amines) is 2. The predicted octanol–water partition coefficient (Wildman–Crippen LogP) is 7.50. The minimum absolute atomic E-state index is 0.183. The second-order valence-electron chi connectivity index (χ2n) is 18.7. The highest BCUT2D eigenvalue weighted by Crippen LogP contribution is 2.41. The maximum atomic E-state index is 6.12. The van der Waals surface area contributed by atoms with Gasteiger partial charge in [0.2, 0.25) is 0 Å². The molecule has 0 aliphatic carbocycles. The highest BCUT2D eigenvalue weighted by Gasteiger charge is 2.43. The standard InChI is InChI=1S/2C25H33N7OS/c2*1-18(2)33-23-8-5-4-7-21(23)32-13-9-19-16-31(17-22(19)32)12-6-14-34-25-29-28-24(30(25)3)20-15-26-10-11-27-20/h2*4-5,7-8,10-11,15,18-19,22H,6,9,12-14,16-17H2,1-3H3/t2*19-,22+/m10/s1. The van der Waals surface area contributed by atoms with Gasteiger partial charge in [0.15, 0.2) is 22.0 Å². The molecule has 4 aromatic heterocycles. The second kappa shape index (κ2) is 22.4. The van der Waals surface area contributed by atoms with Crippen molar-refractivity contribution in [3.05, 3.63) is 85.7 Å². The van der Waals surface area contributed by atoms with Crippen molar-refractivity contribution in [2.24, 2.45) is 25.9 Å². The normalized spacial score (nSPS) is 20.3. The number of rotatable bonds is 18. The molecule has 2 aromatic carbocycles. The maximum Gasteiger partial charge on any atom is 0.191 e. The predicted molar refractivity (Wildman–Crippen MR) is 271 cm³/mol. The lowest BCUT2D eigenvalue weighted by molar-refractivity contribution is 0.242. The Morgan fingerprint density at radius 1 is 0.574 bits per heavy atom. The van der Waals surface area contributed by atoms with E-state index < -0.39 is 0 Å². The number of benzene rings is 2. The zero-order valence-electron chi connectivity index (χ0n) is 40.3. The first-order chi connectivity index (χ1) is 33.2. The molecule has 4 saturated heterocycles. The summed E-state index contributed by atoms with van der Waals surface area (Å²) >= 11 is 3.52. The van der Waals surface area contributed by atoms with Crippen molar-refractivity contribution >= 4 is 34.9 Å². The Labute approximate surface area is 409 Å². The number of anilines is 2. The Balaban J connectivity index is 0.000000170. The van der Waals surface area contributed by atoms with Crippen LogP contribution in [-0.2, 0) is 14.1 Å². The van der Waals surface area contributed by atoms with Crippen molar-refractivity contribution in [3.63, 3.8) is 0 Å². The Kier molecular flexibility index (Phi) is 15.7. The van der Waals surface area contributed by atoms with Crippen LogP contribution < -0.4 is 19.3 Å². The Morgan fingerprint density at radius 3 is 1.43 bits per heavy atom. The lowest BCUT2D eigenvalue weighted by Crippen LogP contribution is -2.35. The van der Waals surface area contributed by atoms with Crippen LogP contribution in [0.1, 0.15) is 53.4 Å². The first kappa shape index (κ1) is 47.8. The van der Waals surface area contributed by atoms with Crippen LogP contribution in [0, 0.1) is 11.8 Å². The molecular weight excluding hydrogens is 893 g/mol. The number of hydrogen-bond acceptors (Lipinski definition) is 16. The van der Waals surface area contributed by atoms with Crippen LogP contribution in [0.15, 0.2) is 96.0 Å². The average Bonchev–Trinajstić information content (AvgIpc) is 4.21. The number of aromatic nitrogens is 10. The SMILES string of the molecule is CC(C)Oc1ccccc1N1CC[C@@H]2CN(CCCSc3nnc(-c4cnccn4)n3C)C[C@@H]21.CC(C)Oc1ccccc1N1CC[C@H]2CN(CCCSc3nnc(-c4cnccn4)n3C)C[C@H]21. The van der Waals surface area contributed by atoms with E-state index in [1.807, 2.05) is 23.2 Å². The molecule has 4 aliphatic rings. The molecule has 6 aromatic rings. The summed E-state index contributed by atoms with van der Waals surface area (Å²) < 4.78 is 16.2. The summed E-state index contributed by atoms with van der Waals surface area (Å²) in [4.78, 5) is 27.4. The third-order valence-electron chi connectivity index (χ3n) is 13.3. The summed E-state index contributed by atoms with van der Waals surface area (Å²) in [5.74, 6) is 7.06. The quantitative estimate of drug-likeness (QED) is 0.0619. The third kappa shape index (κ3) is 11.2. The van der Waals surface area contributed by atoms with Gasteiger partial charge in [-0.2, -0.15) is 0 Å². The fraction of sp³-hybridized carbons (Fsp3) is 0.520. The van der Waals surface area contributed by atoms with Gasteiger partial charge in [0.1, 0.15) is 22.9 Å². The lowest BCUT2D eigenvalue weighted by atomic mass is 10.0. The molecule has 0 spiro atoms. The van der Waals surface area contributed by atoms with E-state index in [-0.39, 0.29) is 12.2 Å². The zero-order chi connectivity index (χ0) is 47.0. The van der Waals surface area contributed by atoms with E-state index in [9.17, 15) is 0 Å². The van der Waals surface area contributed by atoms with E-state index >= 15 is 0 Å². The number of nitrogens with zero attached hydrogens (tertiary/aromatic N) is 14. The number of thioether (sulfide) groups is 2. The van der Waals surface area contributed by atoms with Crippen molar-refractivity contribution < 1.29 is 9.47 Å². The maximum absolute atomic E-state index is 6.12. The molecule has 8 heterocycles. The fourth-order valence-electron chi connectivity index (χ4n) is 10.2. The van der Waals surface area contributed by atoms with Crippen molar-refractivity contribution in [3.8, 4) is 34.5 Å². The third-order valence-corrected chi connectivity index (χ3v) is 15.5. The molecule has 4 atom stereocenters. The van der Waals surface area contributed by atoms with Crippen LogP contribution in [0.25, 0.3) is 23.0 Å². The van der Waals surface area contributed by atoms with E-state index in [1.165, 1.54) is 37.3 Å². The minimum Gasteiger partial charge on any atom is -0.489 e. The van der Waals surface area contributed by atoms with Gasteiger partial charge in [-0.05, 0) is 103 Å². The number of fused-ring (bicyclic) bond motifs is 2. The van der Waals surface area contributed by atoms with Gasteiger partial charge < -0.3 is 38.2 Å². The van der Waals surface area contributed by atoms with Gasteiger partial charge in [-0.3, -0.25) is 9.97 Å². The summed E-state index contributed by atoms with van der Waals surface area (Å²) in [7, 11) is 3.98. The monoisotopic (exact) mass is 958 g/mol. The van der Waals surface area contributed by atoms with Gasteiger partial charge in [-0.25, -0.2) is 9.97 Å². The van der Waals surface area contributed by atoms with Gasteiger partial charge in [0, 0.05) is 102 Å². The molecular formula is C50H66N14O2S2. The number of para-hydroxylation sites is 4. The largest absolute Gasteiger partial charge is 0.489 e. The molecule has 10 rings (SSSR count). The van der Waals surface area contributed by atoms with Gasteiger partial charge in [0.25, 0.3) is 0 Å². The van der Waals surface area contributed by atoms with Gasteiger partial charge in [-0.1, -0.05) is 47.8 Å². The number of ether oxygens (including phenoxy) is 2. The first-order valence-electron chi connectivity index (χ1n) is 24.3. The summed E-state index contributed by atoms with van der Waals surface area (Å²) in [6, 6.07) is 18.2. The molecule has 0 N–H and O–H groups in total.